The fourth-order valence-corrected chi connectivity index (χ4v) is 4.83. The van der Waals surface area contributed by atoms with Gasteiger partial charge in [-0.2, -0.15) is 10.1 Å². The highest BCUT2D eigenvalue weighted by atomic mass is 31.2. The predicted octanol–water partition coefficient (Wildman–Crippen LogP) is 2.29. The molecule has 0 amide bonds. The van der Waals surface area contributed by atoms with Crippen LogP contribution in [0.2, 0.25) is 0 Å². The van der Waals surface area contributed by atoms with Crippen molar-refractivity contribution in [2.75, 3.05) is 31.3 Å². The molecule has 0 spiro atoms. The van der Waals surface area contributed by atoms with E-state index >= 15 is 0 Å². The summed E-state index contributed by atoms with van der Waals surface area (Å²) >= 11 is 0. The van der Waals surface area contributed by atoms with E-state index in [4.69, 9.17) is 14.5 Å². The van der Waals surface area contributed by atoms with Crippen LogP contribution in [-0.4, -0.2) is 61.8 Å². The number of methoxy groups -OCH3 is 1. The molecular formula is C23H27N4O6P. The Kier molecular flexibility index (Phi) is 7.41. The smallest absolute Gasteiger partial charge is 0.280 e. The van der Waals surface area contributed by atoms with Crippen molar-refractivity contribution < 1.29 is 24.4 Å². The number of aromatic hydroxyl groups is 1. The van der Waals surface area contributed by atoms with Crippen molar-refractivity contribution in [3.8, 4) is 11.6 Å². The van der Waals surface area contributed by atoms with E-state index in [9.17, 15) is 14.7 Å². The molecule has 3 aromatic rings. The Labute approximate surface area is 197 Å². The predicted molar refractivity (Wildman–Crippen MR) is 129 cm³/mol. The number of piperidine rings is 1. The molecule has 0 radical (unpaired) electrons. The van der Waals surface area contributed by atoms with E-state index in [2.05, 4.69) is 15.0 Å². The highest BCUT2D eigenvalue weighted by molar-refractivity contribution is 7.45. The van der Waals surface area contributed by atoms with Crippen LogP contribution in [-0.2, 0) is 6.54 Å². The number of pyridine rings is 1. The van der Waals surface area contributed by atoms with E-state index in [1.807, 2.05) is 0 Å². The molecule has 0 unspecified atom stereocenters. The van der Waals surface area contributed by atoms with Crippen LogP contribution in [0.1, 0.15) is 29.6 Å². The number of benzene rings is 1. The topological polar surface area (TPSA) is 138 Å². The van der Waals surface area contributed by atoms with Gasteiger partial charge in [-0.1, -0.05) is 12.1 Å². The molecule has 2 aromatic heterocycles. The van der Waals surface area contributed by atoms with Crippen molar-refractivity contribution in [2.24, 2.45) is 5.92 Å². The van der Waals surface area contributed by atoms with Gasteiger partial charge in [0.15, 0.2) is 14.2 Å². The van der Waals surface area contributed by atoms with Gasteiger partial charge < -0.3 is 24.5 Å². The molecule has 0 atom stereocenters. The molecule has 1 aliphatic rings. The van der Waals surface area contributed by atoms with Gasteiger partial charge in [0.1, 0.15) is 23.5 Å². The molecule has 3 N–H and O–H groups in total. The van der Waals surface area contributed by atoms with Gasteiger partial charge in [0.2, 0.25) is 5.88 Å². The lowest BCUT2D eigenvalue weighted by atomic mass is 9.94. The van der Waals surface area contributed by atoms with E-state index in [-0.39, 0.29) is 34.9 Å². The van der Waals surface area contributed by atoms with Crippen molar-refractivity contribution in [2.45, 2.75) is 25.8 Å². The average molecular weight is 486 g/mol. The summed E-state index contributed by atoms with van der Waals surface area (Å²) in [5.74, 6) is 0.918. The van der Waals surface area contributed by atoms with E-state index in [0.29, 0.717) is 23.3 Å². The summed E-state index contributed by atoms with van der Waals surface area (Å²) in [5.41, 5.74) is -0.197. The number of Topliss-reactive ketones (excluding diaryl/α,β-unsaturated/α-hetero) is 1. The number of anilines is 1. The Morgan fingerprint density at radius 3 is 2.68 bits per heavy atom. The van der Waals surface area contributed by atoms with Gasteiger partial charge >= 0.3 is 0 Å². The van der Waals surface area contributed by atoms with E-state index < -0.39 is 13.9 Å². The summed E-state index contributed by atoms with van der Waals surface area (Å²) in [6.07, 6.45) is 4.60. The molecule has 11 heteroatoms. The average Bonchev–Trinajstić information content (AvgIpc) is 2.84. The number of carbonyl (C=O) groups excluding carboxylic acids is 1. The van der Waals surface area contributed by atoms with Crippen LogP contribution in [0.25, 0.3) is 10.8 Å². The third-order valence-corrected chi connectivity index (χ3v) is 6.78. The number of hydrogen-bond acceptors (Lipinski definition) is 9. The molecule has 3 heterocycles. The summed E-state index contributed by atoms with van der Waals surface area (Å²) in [6.45, 7) is 1.26. The summed E-state index contributed by atoms with van der Waals surface area (Å²) in [5, 5.41) is 14.6. The van der Waals surface area contributed by atoms with Gasteiger partial charge in [-0.05, 0) is 43.4 Å². The maximum atomic E-state index is 13.1. The molecule has 0 bridgehead atoms. The SMILES string of the molecule is COc1nc(N2CCC(CCP(O)O)CC2)cc2cnn(CC(=O)c3cccc(O)c3)c(=O)c12. The number of hydrogen-bond donors (Lipinski definition) is 3. The fourth-order valence-electron chi connectivity index (χ4n) is 4.23. The number of ether oxygens (including phenoxy) is 1. The Bertz CT molecular complexity index is 1240. The fraction of sp³-hybridized carbons (Fsp3) is 0.391. The van der Waals surface area contributed by atoms with Gasteiger partial charge in [0.05, 0.1) is 13.3 Å². The standard InChI is InChI=1S/C23H27N4O6P/c1-33-22-21-17(12-20(25-22)26-8-5-15(6-9-26)7-10-34(31)32)13-24-27(23(21)30)14-19(29)16-3-2-4-18(28)11-16/h2-4,11-13,15,28,31-32H,5-10,14H2,1H3. The third kappa shape index (κ3) is 5.35. The molecule has 34 heavy (non-hydrogen) atoms. The number of rotatable bonds is 8. The van der Waals surface area contributed by atoms with Crippen LogP contribution in [0.4, 0.5) is 5.82 Å². The van der Waals surface area contributed by atoms with Gasteiger partial charge in [-0.3, -0.25) is 9.59 Å². The monoisotopic (exact) mass is 486 g/mol. The van der Waals surface area contributed by atoms with Crippen molar-refractivity contribution >= 4 is 30.7 Å². The van der Waals surface area contributed by atoms with E-state index in [1.165, 1.54) is 25.4 Å². The number of ketones is 1. The summed E-state index contributed by atoms with van der Waals surface area (Å²) in [4.78, 5) is 50.7. The Balaban J connectivity index is 1.56. The molecular weight excluding hydrogens is 459 g/mol. The first-order chi connectivity index (χ1) is 16.4. The number of aromatic nitrogens is 3. The van der Waals surface area contributed by atoms with E-state index in [1.54, 1.807) is 18.2 Å². The molecule has 0 saturated carbocycles. The Morgan fingerprint density at radius 2 is 2.00 bits per heavy atom. The largest absolute Gasteiger partial charge is 0.508 e. The highest BCUT2D eigenvalue weighted by Crippen LogP contribution is 2.32. The summed E-state index contributed by atoms with van der Waals surface area (Å²) < 4.78 is 6.51. The first-order valence-corrected chi connectivity index (χ1v) is 12.5. The minimum absolute atomic E-state index is 0.0287. The normalized spacial score (nSPS) is 14.6. The third-order valence-electron chi connectivity index (χ3n) is 6.12. The number of carbonyl (C=O) groups is 1. The van der Waals surface area contributed by atoms with Crippen molar-refractivity contribution in [1.82, 2.24) is 14.8 Å². The van der Waals surface area contributed by atoms with Crippen LogP contribution in [0.3, 0.4) is 0 Å². The molecule has 1 aliphatic heterocycles. The van der Waals surface area contributed by atoms with Crippen molar-refractivity contribution in [1.29, 1.82) is 0 Å². The maximum absolute atomic E-state index is 13.1. The molecule has 4 rings (SSSR count). The molecule has 0 aliphatic carbocycles. The minimum atomic E-state index is -1.85. The van der Waals surface area contributed by atoms with E-state index in [0.717, 1.165) is 37.0 Å². The Hall–Kier alpha value is -3.07. The molecule has 10 nitrogen and oxygen atoms in total. The quantitative estimate of drug-likeness (QED) is 0.323. The van der Waals surface area contributed by atoms with Gasteiger partial charge in [0, 0.05) is 30.2 Å². The Morgan fingerprint density at radius 1 is 1.24 bits per heavy atom. The zero-order valence-electron chi connectivity index (χ0n) is 18.8. The molecule has 1 saturated heterocycles. The van der Waals surface area contributed by atoms with Gasteiger partial charge in [0.25, 0.3) is 5.56 Å². The van der Waals surface area contributed by atoms with Crippen LogP contribution >= 0.6 is 8.38 Å². The minimum Gasteiger partial charge on any atom is -0.508 e. The van der Waals surface area contributed by atoms with Crippen LogP contribution in [0.5, 0.6) is 11.6 Å². The molecule has 180 valence electrons. The molecule has 1 fully saturated rings. The zero-order valence-corrected chi connectivity index (χ0v) is 19.7. The molecule has 1 aromatic carbocycles. The second-order valence-electron chi connectivity index (χ2n) is 8.35. The lowest BCUT2D eigenvalue weighted by Gasteiger charge is -2.33. The van der Waals surface area contributed by atoms with Gasteiger partial charge in [-0.15, -0.1) is 0 Å². The second kappa shape index (κ2) is 10.5. The number of nitrogens with zero attached hydrogens (tertiary/aromatic N) is 4. The number of fused-ring (bicyclic) bond motifs is 1. The van der Waals surface area contributed by atoms with Gasteiger partial charge in [-0.25, -0.2) is 4.68 Å². The van der Waals surface area contributed by atoms with Crippen LogP contribution in [0, 0.1) is 5.92 Å². The second-order valence-corrected chi connectivity index (χ2v) is 9.54. The maximum Gasteiger partial charge on any atom is 0.280 e. The highest BCUT2D eigenvalue weighted by Gasteiger charge is 2.23. The summed E-state index contributed by atoms with van der Waals surface area (Å²) in [7, 11) is -0.400. The first-order valence-electron chi connectivity index (χ1n) is 11.0. The number of phenolic OH excluding ortho intramolecular Hbond substituents is 1. The lowest BCUT2D eigenvalue weighted by molar-refractivity contribution is 0.0965. The zero-order chi connectivity index (χ0) is 24.2. The van der Waals surface area contributed by atoms with Crippen molar-refractivity contribution in [3.05, 3.63) is 52.4 Å². The number of phenols is 1. The lowest BCUT2D eigenvalue weighted by Crippen LogP contribution is -2.34. The first kappa shape index (κ1) is 24.1. The van der Waals surface area contributed by atoms with Crippen molar-refractivity contribution in [3.63, 3.8) is 0 Å². The van der Waals surface area contributed by atoms with Crippen LogP contribution in [0.15, 0.2) is 41.3 Å². The van der Waals surface area contributed by atoms with Crippen LogP contribution < -0.4 is 15.2 Å². The summed E-state index contributed by atoms with van der Waals surface area (Å²) in [6, 6.07) is 7.74.